The Kier molecular flexibility index (Phi) is 4.20. The molecule has 4 N–H and O–H groups in total. The summed E-state index contributed by atoms with van der Waals surface area (Å²) in [7, 11) is 0. The van der Waals surface area contributed by atoms with E-state index in [9.17, 15) is 14.0 Å². The van der Waals surface area contributed by atoms with Crippen LogP contribution in [-0.2, 0) is 9.59 Å². The number of amides is 1. The summed E-state index contributed by atoms with van der Waals surface area (Å²) in [6.45, 7) is 0.975. The fourth-order valence-corrected chi connectivity index (χ4v) is 0.600. The van der Waals surface area contributed by atoms with Crippen LogP contribution in [0.25, 0.3) is 0 Å². The van der Waals surface area contributed by atoms with E-state index in [0.717, 1.165) is 0 Å². The number of carboxylic acid groups (broad SMARTS) is 1. The van der Waals surface area contributed by atoms with Crippen molar-refractivity contribution in [2.45, 2.75) is 19.1 Å². The predicted octanol–water partition coefficient (Wildman–Crippen LogP) is -1.13. The number of hydrogen-bond donors (Lipinski definition) is 3. The normalized spacial score (nSPS) is 14.9. The van der Waals surface area contributed by atoms with E-state index in [4.69, 9.17) is 10.8 Å². The van der Waals surface area contributed by atoms with E-state index in [-0.39, 0.29) is 6.54 Å². The van der Waals surface area contributed by atoms with Crippen LogP contribution >= 0.6 is 0 Å². The standard InChI is InChI=1S/C6H11FN2O3/c1-3(5(7)6(11)12)9-4(10)2-8/h3,5H,2,8H2,1H3,(H,9,10)(H,11,12). The van der Waals surface area contributed by atoms with Gasteiger partial charge in [-0.25, -0.2) is 9.18 Å². The Morgan fingerprint density at radius 2 is 2.17 bits per heavy atom. The molecule has 0 radical (unpaired) electrons. The first-order valence-electron chi connectivity index (χ1n) is 3.35. The first-order chi connectivity index (χ1) is 5.49. The third-order valence-corrected chi connectivity index (χ3v) is 1.25. The molecule has 2 atom stereocenters. The molecule has 0 aliphatic rings. The lowest BCUT2D eigenvalue weighted by Gasteiger charge is -2.13. The van der Waals surface area contributed by atoms with Crippen molar-refractivity contribution in [3.05, 3.63) is 0 Å². The summed E-state index contributed by atoms with van der Waals surface area (Å²) in [5.74, 6) is -2.17. The second kappa shape index (κ2) is 4.66. The van der Waals surface area contributed by atoms with Crippen molar-refractivity contribution in [2.24, 2.45) is 5.73 Å². The zero-order valence-corrected chi connectivity index (χ0v) is 6.58. The maximum atomic E-state index is 12.6. The van der Waals surface area contributed by atoms with Crippen LogP contribution in [0, 0.1) is 0 Å². The molecule has 0 aromatic rings. The fourth-order valence-electron chi connectivity index (χ4n) is 0.600. The largest absolute Gasteiger partial charge is 0.479 e. The average molecular weight is 178 g/mol. The Morgan fingerprint density at radius 1 is 1.67 bits per heavy atom. The van der Waals surface area contributed by atoms with Crippen LogP contribution in [0.1, 0.15) is 6.92 Å². The van der Waals surface area contributed by atoms with Gasteiger partial charge in [0.25, 0.3) is 0 Å². The van der Waals surface area contributed by atoms with E-state index >= 15 is 0 Å². The number of carbonyl (C=O) groups excluding carboxylic acids is 1. The molecular weight excluding hydrogens is 167 g/mol. The smallest absolute Gasteiger partial charge is 0.340 e. The van der Waals surface area contributed by atoms with Crippen LogP contribution in [0.15, 0.2) is 0 Å². The summed E-state index contributed by atoms with van der Waals surface area (Å²) >= 11 is 0. The maximum absolute atomic E-state index is 12.6. The van der Waals surface area contributed by atoms with Gasteiger partial charge in [-0.3, -0.25) is 4.79 Å². The Hall–Kier alpha value is -1.17. The summed E-state index contributed by atoms with van der Waals surface area (Å²) in [5, 5.41) is 10.3. The van der Waals surface area contributed by atoms with Crippen LogP contribution in [0.3, 0.4) is 0 Å². The van der Waals surface area contributed by atoms with Crippen molar-refractivity contribution in [2.75, 3.05) is 6.54 Å². The molecular formula is C6H11FN2O3. The number of carbonyl (C=O) groups is 2. The number of alkyl halides is 1. The molecule has 0 aromatic heterocycles. The maximum Gasteiger partial charge on any atom is 0.340 e. The van der Waals surface area contributed by atoms with E-state index < -0.39 is 24.1 Å². The van der Waals surface area contributed by atoms with Gasteiger partial charge in [-0.05, 0) is 6.92 Å². The lowest BCUT2D eigenvalue weighted by atomic mass is 10.2. The molecule has 12 heavy (non-hydrogen) atoms. The second-order valence-electron chi connectivity index (χ2n) is 2.30. The molecule has 0 fully saturated rings. The SMILES string of the molecule is CC(NC(=O)CN)C(F)C(=O)O. The van der Waals surface area contributed by atoms with Crippen LogP contribution in [0.2, 0.25) is 0 Å². The van der Waals surface area contributed by atoms with Gasteiger partial charge >= 0.3 is 5.97 Å². The predicted molar refractivity (Wildman–Crippen MR) is 39.2 cm³/mol. The number of carboxylic acids is 1. The minimum Gasteiger partial charge on any atom is -0.479 e. The summed E-state index contributed by atoms with van der Waals surface area (Å²) in [5.41, 5.74) is 4.91. The van der Waals surface area contributed by atoms with Crippen molar-refractivity contribution in [1.82, 2.24) is 5.32 Å². The number of aliphatic carboxylic acids is 1. The Morgan fingerprint density at radius 3 is 2.50 bits per heavy atom. The Balaban J connectivity index is 3.94. The highest BCUT2D eigenvalue weighted by molar-refractivity contribution is 5.80. The summed E-state index contributed by atoms with van der Waals surface area (Å²) in [4.78, 5) is 20.6. The number of halogens is 1. The van der Waals surface area contributed by atoms with Gasteiger partial charge in [0.15, 0.2) is 0 Å². The number of rotatable bonds is 4. The van der Waals surface area contributed by atoms with Crippen molar-refractivity contribution >= 4 is 11.9 Å². The summed E-state index contributed by atoms with van der Waals surface area (Å²) in [6.07, 6.45) is -2.10. The van der Waals surface area contributed by atoms with Crippen LogP contribution in [0.4, 0.5) is 4.39 Å². The van der Waals surface area contributed by atoms with Crippen molar-refractivity contribution in [1.29, 1.82) is 0 Å². The minimum atomic E-state index is -2.10. The summed E-state index contributed by atoms with van der Waals surface area (Å²) < 4.78 is 12.6. The van der Waals surface area contributed by atoms with Gasteiger partial charge < -0.3 is 16.2 Å². The molecule has 1 amide bonds. The second-order valence-corrected chi connectivity index (χ2v) is 2.30. The minimum absolute atomic E-state index is 0.281. The first kappa shape index (κ1) is 10.8. The highest BCUT2D eigenvalue weighted by Gasteiger charge is 2.24. The van der Waals surface area contributed by atoms with Crippen LogP contribution < -0.4 is 11.1 Å². The molecule has 0 bridgehead atoms. The molecule has 0 aliphatic heterocycles. The monoisotopic (exact) mass is 178 g/mol. The molecule has 6 heteroatoms. The van der Waals surface area contributed by atoms with E-state index in [2.05, 4.69) is 5.32 Å². The van der Waals surface area contributed by atoms with Gasteiger partial charge in [0.1, 0.15) is 0 Å². The van der Waals surface area contributed by atoms with Gasteiger partial charge in [0.2, 0.25) is 12.1 Å². The van der Waals surface area contributed by atoms with E-state index in [1.807, 2.05) is 0 Å². The molecule has 0 saturated carbocycles. The molecule has 0 spiro atoms. The Labute approximate surface area is 68.7 Å². The first-order valence-corrected chi connectivity index (χ1v) is 3.35. The van der Waals surface area contributed by atoms with Gasteiger partial charge in [-0.1, -0.05) is 0 Å². The molecule has 70 valence electrons. The van der Waals surface area contributed by atoms with Gasteiger partial charge in [0, 0.05) is 0 Å². The third-order valence-electron chi connectivity index (χ3n) is 1.25. The van der Waals surface area contributed by atoms with Crippen molar-refractivity contribution in [3.8, 4) is 0 Å². The third kappa shape index (κ3) is 3.29. The van der Waals surface area contributed by atoms with Crippen LogP contribution in [-0.4, -0.2) is 35.7 Å². The lowest BCUT2D eigenvalue weighted by molar-refractivity contribution is -0.144. The summed E-state index contributed by atoms with van der Waals surface area (Å²) in [6, 6.07) is -1.06. The number of nitrogens with one attached hydrogen (secondary N) is 1. The van der Waals surface area contributed by atoms with Crippen molar-refractivity contribution < 1.29 is 19.1 Å². The van der Waals surface area contributed by atoms with Crippen LogP contribution in [0.5, 0.6) is 0 Å². The quantitative estimate of drug-likeness (QED) is 0.508. The molecule has 0 heterocycles. The zero-order chi connectivity index (χ0) is 9.72. The molecule has 0 aliphatic carbocycles. The molecule has 5 nitrogen and oxygen atoms in total. The van der Waals surface area contributed by atoms with Gasteiger partial charge in [0.05, 0.1) is 12.6 Å². The van der Waals surface area contributed by atoms with Gasteiger partial charge in [-0.2, -0.15) is 0 Å². The molecule has 0 saturated heterocycles. The average Bonchev–Trinajstić information content (AvgIpc) is 2.02. The van der Waals surface area contributed by atoms with E-state index in [0.29, 0.717) is 0 Å². The Bertz CT molecular complexity index is 186. The molecule has 2 unspecified atom stereocenters. The van der Waals surface area contributed by atoms with Gasteiger partial charge in [-0.15, -0.1) is 0 Å². The topological polar surface area (TPSA) is 92.4 Å². The van der Waals surface area contributed by atoms with E-state index in [1.54, 1.807) is 0 Å². The fraction of sp³-hybridized carbons (Fsp3) is 0.667. The highest BCUT2D eigenvalue weighted by atomic mass is 19.1. The molecule has 0 rings (SSSR count). The number of hydrogen-bond acceptors (Lipinski definition) is 3. The number of nitrogens with two attached hydrogens (primary N) is 1. The van der Waals surface area contributed by atoms with E-state index in [1.165, 1.54) is 6.92 Å². The lowest BCUT2D eigenvalue weighted by Crippen LogP contribution is -2.44. The van der Waals surface area contributed by atoms with Crippen molar-refractivity contribution in [3.63, 3.8) is 0 Å². The highest BCUT2D eigenvalue weighted by Crippen LogP contribution is 1.97. The molecule has 0 aromatic carbocycles. The zero-order valence-electron chi connectivity index (χ0n) is 6.58.